The third kappa shape index (κ3) is 4.44. The van der Waals surface area contributed by atoms with Crippen LogP contribution in [0.15, 0.2) is 51.8 Å². The van der Waals surface area contributed by atoms with E-state index >= 15 is 0 Å². The lowest BCUT2D eigenvalue weighted by Crippen LogP contribution is -2.51. The predicted molar refractivity (Wildman–Crippen MR) is 122 cm³/mol. The molecule has 0 spiro atoms. The summed E-state index contributed by atoms with van der Waals surface area (Å²) in [4.78, 5) is 0.245. The van der Waals surface area contributed by atoms with Crippen molar-refractivity contribution >= 4 is 25.8 Å². The summed E-state index contributed by atoms with van der Waals surface area (Å²) < 4.78 is 33.1. The standard InChI is InChI=1S/C23H30BrNO4S/c1-4-6-12-23(5-2)16-30(27,28)22-15-21(29-3)19(24)14-18(22)20(25(23)26)13-17-10-8-7-9-11-17/h7-11,14-15,20,26H,4-6,12-13,16H2,1-3H3/t20-,23-/m1/s1. The molecule has 0 radical (unpaired) electrons. The van der Waals surface area contributed by atoms with Crippen molar-refractivity contribution in [3.8, 4) is 5.75 Å². The van der Waals surface area contributed by atoms with Crippen molar-refractivity contribution in [1.29, 1.82) is 0 Å². The first-order chi connectivity index (χ1) is 14.3. The SMILES string of the molecule is CCCC[C@]1(CC)CS(=O)(=O)c2cc(OC)c(Br)cc2[C@@H](Cc2ccccc2)N1O. The highest BCUT2D eigenvalue weighted by Gasteiger charge is 2.47. The highest BCUT2D eigenvalue weighted by atomic mass is 79.9. The van der Waals surface area contributed by atoms with Gasteiger partial charge in [-0.25, -0.2) is 8.42 Å². The van der Waals surface area contributed by atoms with Crippen molar-refractivity contribution in [3.63, 3.8) is 0 Å². The number of methoxy groups -OCH3 is 1. The lowest BCUT2D eigenvalue weighted by Gasteiger charge is -2.42. The quantitative estimate of drug-likeness (QED) is 0.544. The van der Waals surface area contributed by atoms with Crippen molar-refractivity contribution in [2.45, 2.75) is 62.4 Å². The van der Waals surface area contributed by atoms with E-state index in [9.17, 15) is 13.6 Å². The number of hydroxylamine groups is 2. The molecular formula is C23H30BrNO4S. The third-order valence-electron chi connectivity index (χ3n) is 6.14. The molecule has 7 heteroatoms. The first kappa shape index (κ1) is 23.3. The van der Waals surface area contributed by atoms with Crippen LogP contribution in [-0.4, -0.2) is 37.1 Å². The van der Waals surface area contributed by atoms with Gasteiger partial charge in [0, 0.05) is 6.07 Å². The summed E-state index contributed by atoms with van der Waals surface area (Å²) in [6.45, 7) is 4.04. The lowest BCUT2D eigenvalue weighted by molar-refractivity contribution is -0.202. The van der Waals surface area contributed by atoms with Gasteiger partial charge >= 0.3 is 0 Å². The molecule has 2 aromatic carbocycles. The maximum Gasteiger partial charge on any atom is 0.180 e. The van der Waals surface area contributed by atoms with Gasteiger partial charge in [0.25, 0.3) is 0 Å². The van der Waals surface area contributed by atoms with Crippen molar-refractivity contribution in [1.82, 2.24) is 5.06 Å². The highest BCUT2D eigenvalue weighted by Crippen LogP contribution is 2.45. The first-order valence-corrected chi connectivity index (χ1v) is 12.8. The van der Waals surface area contributed by atoms with Crippen LogP contribution in [0.3, 0.4) is 0 Å². The largest absolute Gasteiger partial charge is 0.496 e. The van der Waals surface area contributed by atoms with E-state index < -0.39 is 21.4 Å². The number of sulfone groups is 1. The zero-order chi connectivity index (χ0) is 21.9. The maximum atomic E-state index is 13.5. The fourth-order valence-corrected chi connectivity index (χ4v) is 7.07. The molecule has 1 aliphatic rings. The van der Waals surface area contributed by atoms with E-state index in [1.54, 1.807) is 12.1 Å². The zero-order valence-corrected chi connectivity index (χ0v) is 20.2. The monoisotopic (exact) mass is 495 g/mol. The number of rotatable bonds is 7. The van der Waals surface area contributed by atoms with Gasteiger partial charge in [-0.3, -0.25) is 0 Å². The first-order valence-electron chi connectivity index (χ1n) is 10.4. The fraction of sp³-hybridized carbons (Fsp3) is 0.478. The van der Waals surface area contributed by atoms with Crippen LogP contribution in [0.1, 0.15) is 56.7 Å². The molecule has 1 aliphatic heterocycles. The minimum atomic E-state index is -3.64. The summed E-state index contributed by atoms with van der Waals surface area (Å²) in [6, 6.07) is 12.8. The van der Waals surface area contributed by atoms with Crippen LogP contribution in [0.25, 0.3) is 0 Å². The second-order valence-corrected chi connectivity index (χ2v) is 10.8. The number of ether oxygens (including phenoxy) is 1. The van der Waals surface area contributed by atoms with Gasteiger partial charge in [-0.05, 0) is 52.4 Å². The van der Waals surface area contributed by atoms with Gasteiger partial charge in [0.15, 0.2) is 9.84 Å². The maximum absolute atomic E-state index is 13.5. The van der Waals surface area contributed by atoms with E-state index in [1.165, 1.54) is 12.2 Å². The van der Waals surface area contributed by atoms with Crippen LogP contribution < -0.4 is 4.74 Å². The van der Waals surface area contributed by atoms with Gasteiger partial charge < -0.3 is 9.94 Å². The molecule has 0 amide bonds. The lowest BCUT2D eigenvalue weighted by atomic mass is 9.87. The summed E-state index contributed by atoms with van der Waals surface area (Å²) in [5.41, 5.74) is 0.799. The minimum absolute atomic E-state index is 0.115. The molecular weight excluding hydrogens is 466 g/mol. The minimum Gasteiger partial charge on any atom is -0.496 e. The Bertz CT molecular complexity index is 980. The molecule has 164 valence electrons. The van der Waals surface area contributed by atoms with Crippen molar-refractivity contribution in [2.24, 2.45) is 0 Å². The van der Waals surface area contributed by atoms with Gasteiger partial charge in [0.1, 0.15) is 5.75 Å². The van der Waals surface area contributed by atoms with E-state index in [0.717, 1.165) is 18.4 Å². The van der Waals surface area contributed by atoms with Crippen LogP contribution in [0.2, 0.25) is 0 Å². The summed E-state index contributed by atoms with van der Waals surface area (Å²) in [5, 5.41) is 12.9. The molecule has 0 fully saturated rings. The molecule has 0 saturated heterocycles. The molecule has 2 aromatic rings. The normalized spacial score (nSPS) is 23.6. The van der Waals surface area contributed by atoms with Crippen LogP contribution in [0, 0.1) is 0 Å². The average Bonchev–Trinajstić information content (AvgIpc) is 2.80. The highest BCUT2D eigenvalue weighted by molar-refractivity contribution is 9.10. The van der Waals surface area contributed by atoms with E-state index in [-0.39, 0.29) is 10.6 Å². The Morgan fingerprint density at radius 1 is 1.23 bits per heavy atom. The number of unbranched alkanes of at least 4 members (excludes halogenated alkanes) is 1. The van der Waals surface area contributed by atoms with Crippen LogP contribution in [0.5, 0.6) is 5.75 Å². The molecule has 2 atom stereocenters. The van der Waals surface area contributed by atoms with Crippen molar-refractivity contribution < 1.29 is 18.4 Å². The molecule has 0 saturated carbocycles. The Morgan fingerprint density at radius 3 is 2.53 bits per heavy atom. The third-order valence-corrected chi connectivity index (χ3v) is 8.70. The second-order valence-electron chi connectivity index (χ2n) is 8.02. The molecule has 0 unspecified atom stereocenters. The van der Waals surface area contributed by atoms with E-state index in [2.05, 4.69) is 22.9 Å². The zero-order valence-electron chi connectivity index (χ0n) is 17.8. The van der Waals surface area contributed by atoms with E-state index in [1.807, 2.05) is 37.3 Å². The predicted octanol–water partition coefficient (Wildman–Crippen LogP) is 5.56. The molecule has 0 aromatic heterocycles. The van der Waals surface area contributed by atoms with Gasteiger partial charge in [-0.15, -0.1) is 0 Å². The number of halogens is 1. The van der Waals surface area contributed by atoms with Crippen LogP contribution >= 0.6 is 15.9 Å². The van der Waals surface area contributed by atoms with Gasteiger partial charge in [0.05, 0.1) is 33.8 Å². The summed E-state index contributed by atoms with van der Waals surface area (Å²) >= 11 is 3.50. The number of nitrogens with zero attached hydrogens (tertiary/aromatic N) is 1. The van der Waals surface area contributed by atoms with Crippen LogP contribution in [-0.2, 0) is 16.3 Å². The van der Waals surface area contributed by atoms with E-state index in [0.29, 0.717) is 35.0 Å². The summed E-state index contributed by atoms with van der Waals surface area (Å²) in [7, 11) is -2.12. The Kier molecular flexibility index (Phi) is 7.28. The van der Waals surface area contributed by atoms with Gasteiger partial charge in [-0.2, -0.15) is 5.06 Å². The molecule has 1 N–H and O–H groups in total. The molecule has 0 aliphatic carbocycles. The molecule has 3 rings (SSSR count). The molecule has 0 bridgehead atoms. The Hall–Kier alpha value is -1.41. The summed E-state index contributed by atoms with van der Waals surface area (Å²) in [6.07, 6.45) is 3.45. The molecule has 5 nitrogen and oxygen atoms in total. The van der Waals surface area contributed by atoms with Crippen LogP contribution in [0.4, 0.5) is 0 Å². The smallest absolute Gasteiger partial charge is 0.180 e. The van der Waals surface area contributed by atoms with E-state index in [4.69, 9.17) is 4.74 Å². The fourth-order valence-electron chi connectivity index (χ4n) is 4.36. The average molecular weight is 496 g/mol. The Labute approximate surface area is 188 Å². The van der Waals surface area contributed by atoms with Gasteiger partial charge in [-0.1, -0.05) is 57.0 Å². The number of hydrogen-bond donors (Lipinski definition) is 1. The van der Waals surface area contributed by atoms with Crippen molar-refractivity contribution in [2.75, 3.05) is 12.9 Å². The summed E-state index contributed by atoms with van der Waals surface area (Å²) in [5.74, 6) is 0.355. The number of fused-ring (bicyclic) bond motifs is 1. The number of benzene rings is 2. The van der Waals surface area contributed by atoms with Gasteiger partial charge in [0.2, 0.25) is 0 Å². The Morgan fingerprint density at radius 2 is 1.93 bits per heavy atom. The Balaban J connectivity index is 2.23. The number of hydrogen-bond acceptors (Lipinski definition) is 5. The topological polar surface area (TPSA) is 66.8 Å². The molecule has 30 heavy (non-hydrogen) atoms. The molecule has 1 heterocycles. The second kappa shape index (κ2) is 9.39. The van der Waals surface area contributed by atoms with Crippen molar-refractivity contribution in [3.05, 3.63) is 58.1 Å².